The number of nitrogens with zero attached hydrogens (tertiary/aromatic N) is 1. The van der Waals surface area contributed by atoms with Crippen molar-refractivity contribution in [3.8, 4) is 0 Å². The lowest BCUT2D eigenvalue weighted by Crippen LogP contribution is -2.50. The van der Waals surface area contributed by atoms with Gasteiger partial charge in [-0.2, -0.15) is 0 Å². The summed E-state index contributed by atoms with van der Waals surface area (Å²) >= 11 is 0. The van der Waals surface area contributed by atoms with Gasteiger partial charge in [-0.1, -0.05) is 13.3 Å². The van der Waals surface area contributed by atoms with E-state index in [1.54, 1.807) is 7.11 Å². The van der Waals surface area contributed by atoms with Gasteiger partial charge in [-0.3, -0.25) is 9.69 Å². The van der Waals surface area contributed by atoms with E-state index in [0.29, 0.717) is 5.92 Å². The van der Waals surface area contributed by atoms with E-state index in [1.165, 1.54) is 0 Å². The van der Waals surface area contributed by atoms with Crippen molar-refractivity contribution in [3.63, 3.8) is 0 Å². The predicted molar refractivity (Wildman–Crippen MR) is 64.9 cm³/mol. The normalized spacial score (nSPS) is 39.4. The van der Waals surface area contributed by atoms with Crippen LogP contribution in [0.25, 0.3) is 0 Å². The van der Waals surface area contributed by atoms with E-state index < -0.39 is 5.97 Å². The second kappa shape index (κ2) is 5.36. The first kappa shape index (κ1) is 12.8. The van der Waals surface area contributed by atoms with Crippen molar-refractivity contribution in [1.29, 1.82) is 0 Å². The van der Waals surface area contributed by atoms with Crippen LogP contribution >= 0.6 is 0 Å². The molecule has 1 aliphatic heterocycles. The molecule has 1 aliphatic carbocycles. The van der Waals surface area contributed by atoms with Gasteiger partial charge in [0.1, 0.15) is 0 Å². The Labute approximate surface area is 103 Å². The van der Waals surface area contributed by atoms with Gasteiger partial charge >= 0.3 is 5.97 Å². The molecule has 0 bridgehead atoms. The molecule has 0 spiro atoms. The zero-order valence-electron chi connectivity index (χ0n) is 10.8. The van der Waals surface area contributed by atoms with E-state index in [9.17, 15) is 9.90 Å². The fourth-order valence-corrected chi connectivity index (χ4v) is 3.33. The summed E-state index contributed by atoms with van der Waals surface area (Å²) in [6, 6.07) is 0.234. The highest BCUT2D eigenvalue weighted by Gasteiger charge is 2.39. The first-order chi connectivity index (χ1) is 8.13. The molecular formula is C13H23NO3. The van der Waals surface area contributed by atoms with Crippen LogP contribution in [0.4, 0.5) is 0 Å². The SMILES string of the molecule is COC1CN(C2CCCC2C(=O)O)CCC1C. The third kappa shape index (κ3) is 2.63. The molecule has 2 fully saturated rings. The van der Waals surface area contributed by atoms with E-state index in [0.717, 1.165) is 38.8 Å². The van der Waals surface area contributed by atoms with Gasteiger partial charge < -0.3 is 9.84 Å². The highest BCUT2D eigenvalue weighted by molar-refractivity contribution is 5.71. The van der Waals surface area contributed by atoms with Crippen LogP contribution in [0.15, 0.2) is 0 Å². The number of rotatable bonds is 3. The Morgan fingerprint density at radius 3 is 2.76 bits per heavy atom. The fraction of sp³-hybridized carbons (Fsp3) is 0.923. The third-order valence-electron chi connectivity index (χ3n) is 4.49. The van der Waals surface area contributed by atoms with Gasteiger partial charge in [-0.25, -0.2) is 0 Å². The highest BCUT2D eigenvalue weighted by Crippen LogP contribution is 2.33. The summed E-state index contributed by atoms with van der Waals surface area (Å²) in [5.41, 5.74) is 0. The first-order valence-corrected chi connectivity index (χ1v) is 6.63. The lowest BCUT2D eigenvalue weighted by Gasteiger charge is -2.40. The van der Waals surface area contributed by atoms with Crippen molar-refractivity contribution in [2.75, 3.05) is 20.2 Å². The number of carbonyl (C=O) groups is 1. The van der Waals surface area contributed by atoms with Crippen molar-refractivity contribution in [2.24, 2.45) is 11.8 Å². The van der Waals surface area contributed by atoms with Crippen LogP contribution in [0.2, 0.25) is 0 Å². The average Bonchev–Trinajstić information content (AvgIpc) is 2.78. The number of hydrogen-bond acceptors (Lipinski definition) is 3. The van der Waals surface area contributed by atoms with Crippen LogP contribution in [0.5, 0.6) is 0 Å². The van der Waals surface area contributed by atoms with Crippen molar-refractivity contribution < 1.29 is 14.6 Å². The monoisotopic (exact) mass is 241 g/mol. The Morgan fingerprint density at radius 2 is 2.12 bits per heavy atom. The molecule has 4 atom stereocenters. The smallest absolute Gasteiger partial charge is 0.308 e. The summed E-state index contributed by atoms with van der Waals surface area (Å²) in [5, 5.41) is 9.23. The van der Waals surface area contributed by atoms with Gasteiger partial charge in [0.25, 0.3) is 0 Å². The van der Waals surface area contributed by atoms with Gasteiger partial charge in [0.15, 0.2) is 0 Å². The minimum absolute atomic E-state index is 0.166. The number of likely N-dealkylation sites (tertiary alicyclic amines) is 1. The molecule has 17 heavy (non-hydrogen) atoms. The van der Waals surface area contributed by atoms with Gasteiger partial charge in [0.2, 0.25) is 0 Å². The number of aliphatic carboxylic acids is 1. The molecule has 0 amide bonds. The van der Waals surface area contributed by atoms with Gasteiger partial charge in [-0.15, -0.1) is 0 Å². The van der Waals surface area contributed by atoms with Gasteiger partial charge in [0.05, 0.1) is 12.0 Å². The van der Waals surface area contributed by atoms with Crippen LogP contribution in [0.3, 0.4) is 0 Å². The van der Waals surface area contributed by atoms with E-state index in [-0.39, 0.29) is 18.1 Å². The largest absolute Gasteiger partial charge is 0.481 e. The number of piperidine rings is 1. The zero-order valence-corrected chi connectivity index (χ0v) is 10.8. The molecule has 1 heterocycles. The van der Waals surface area contributed by atoms with Crippen LogP contribution in [-0.4, -0.2) is 48.3 Å². The standard InChI is InChI=1S/C13H23NO3/c1-9-6-7-14(8-12(9)17-2)11-5-3-4-10(11)13(15)16/h9-12H,3-8H2,1-2H3,(H,15,16). The summed E-state index contributed by atoms with van der Waals surface area (Å²) < 4.78 is 5.50. The topological polar surface area (TPSA) is 49.8 Å². The van der Waals surface area contributed by atoms with Crippen molar-refractivity contribution in [2.45, 2.75) is 44.8 Å². The molecule has 1 saturated heterocycles. The lowest BCUT2D eigenvalue weighted by molar-refractivity contribution is -0.144. The number of hydrogen-bond donors (Lipinski definition) is 1. The molecule has 98 valence electrons. The van der Waals surface area contributed by atoms with Crippen molar-refractivity contribution >= 4 is 5.97 Å². The minimum atomic E-state index is -0.625. The van der Waals surface area contributed by atoms with E-state index >= 15 is 0 Å². The maximum Gasteiger partial charge on any atom is 0.308 e. The van der Waals surface area contributed by atoms with Crippen molar-refractivity contribution in [1.82, 2.24) is 4.90 Å². The van der Waals surface area contributed by atoms with Crippen molar-refractivity contribution in [3.05, 3.63) is 0 Å². The number of methoxy groups -OCH3 is 1. The lowest BCUT2D eigenvalue weighted by atomic mass is 9.92. The molecule has 1 N–H and O–H groups in total. The van der Waals surface area contributed by atoms with E-state index in [1.807, 2.05) is 0 Å². The predicted octanol–water partition coefficient (Wildman–Crippen LogP) is 1.60. The fourth-order valence-electron chi connectivity index (χ4n) is 3.33. The van der Waals surface area contributed by atoms with Crippen LogP contribution in [0, 0.1) is 11.8 Å². The number of carboxylic acid groups (broad SMARTS) is 1. The summed E-state index contributed by atoms with van der Waals surface area (Å²) in [6.07, 6.45) is 4.29. The molecule has 4 heteroatoms. The molecule has 0 aromatic heterocycles. The molecule has 0 aromatic carbocycles. The van der Waals surface area contributed by atoms with Crippen LogP contribution in [-0.2, 0) is 9.53 Å². The Hall–Kier alpha value is -0.610. The molecule has 4 unspecified atom stereocenters. The Bertz CT molecular complexity index is 282. The van der Waals surface area contributed by atoms with E-state index in [2.05, 4.69) is 11.8 Å². The summed E-state index contributed by atoms with van der Waals surface area (Å²) in [7, 11) is 1.76. The maximum absolute atomic E-state index is 11.2. The molecule has 0 aromatic rings. The summed E-state index contributed by atoms with van der Waals surface area (Å²) in [4.78, 5) is 13.6. The second-order valence-electron chi connectivity index (χ2n) is 5.48. The molecule has 1 saturated carbocycles. The Balaban J connectivity index is 2.00. The van der Waals surface area contributed by atoms with Crippen LogP contribution < -0.4 is 0 Å². The summed E-state index contributed by atoms with van der Waals surface area (Å²) in [6.45, 7) is 4.14. The van der Waals surface area contributed by atoms with E-state index in [4.69, 9.17) is 4.74 Å². The van der Waals surface area contributed by atoms with Gasteiger partial charge in [-0.05, 0) is 31.7 Å². The minimum Gasteiger partial charge on any atom is -0.481 e. The highest BCUT2D eigenvalue weighted by atomic mass is 16.5. The van der Waals surface area contributed by atoms with Gasteiger partial charge in [0, 0.05) is 19.7 Å². The molecule has 4 nitrogen and oxygen atoms in total. The Kier molecular flexibility index (Phi) is 4.05. The number of carboxylic acids is 1. The third-order valence-corrected chi connectivity index (χ3v) is 4.49. The van der Waals surface area contributed by atoms with Crippen LogP contribution in [0.1, 0.15) is 32.6 Å². The first-order valence-electron chi connectivity index (χ1n) is 6.63. The maximum atomic E-state index is 11.2. The molecular weight excluding hydrogens is 218 g/mol. The average molecular weight is 241 g/mol. The molecule has 2 rings (SSSR count). The zero-order chi connectivity index (χ0) is 12.4. The molecule has 0 radical (unpaired) electrons. The second-order valence-corrected chi connectivity index (χ2v) is 5.48. The quantitative estimate of drug-likeness (QED) is 0.815. The number of ether oxygens (including phenoxy) is 1. The molecule has 2 aliphatic rings. The summed E-state index contributed by atoms with van der Waals surface area (Å²) in [5.74, 6) is -0.207. The Morgan fingerprint density at radius 1 is 1.35 bits per heavy atom.